The van der Waals surface area contributed by atoms with E-state index in [1.54, 1.807) is 13.1 Å². The summed E-state index contributed by atoms with van der Waals surface area (Å²) in [5, 5.41) is 0. The van der Waals surface area contributed by atoms with Gasteiger partial charge in [-0.3, -0.25) is 9.69 Å². The van der Waals surface area contributed by atoms with Crippen LogP contribution in [0, 0.1) is 6.92 Å². The molecule has 1 aromatic rings. The molecule has 4 heteroatoms. The average molecular weight is 185 g/mol. The summed E-state index contributed by atoms with van der Waals surface area (Å²) in [4.78, 5) is 12.6. The van der Waals surface area contributed by atoms with Gasteiger partial charge >= 0.3 is 0 Å². The molecular weight excluding hydrogens is 174 g/mol. The lowest BCUT2D eigenvalue weighted by Crippen LogP contribution is -2.26. The second kappa shape index (κ2) is 3.67. The van der Waals surface area contributed by atoms with Crippen LogP contribution in [0.15, 0.2) is 16.5 Å². The summed E-state index contributed by atoms with van der Waals surface area (Å²) in [5.41, 5.74) is 0. The third-order valence-corrected chi connectivity index (χ3v) is 1.84. The Hall–Kier alpha value is -0.900. The Bertz CT molecular complexity index is 282. The maximum atomic E-state index is 11.1. The third-order valence-electron chi connectivity index (χ3n) is 1.57. The highest BCUT2D eigenvalue weighted by molar-refractivity contribution is 7.81. The number of carbonyl (C=O) groups excluding carboxylic acids is 1. The zero-order chi connectivity index (χ0) is 9.14. The van der Waals surface area contributed by atoms with E-state index in [1.165, 1.54) is 4.90 Å². The van der Waals surface area contributed by atoms with Crippen LogP contribution in [0.25, 0.3) is 0 Å². The monoisotopic (exact) mass is 185 g/mol. The highest BCUT2D eigenvalue weighted by Gasteiger charge is 2.11. The number of anilines is 1. The number of nitrogens with zero attached hydrogens (tertiary/aromatic N) is 1. The number of hydrogen-bond donors (Lipinski definition) is 1. The van der Waals surface area contributed by atoms with Gasteiger partial charge in [-0.15, -0.1) is 0 Å². The van der Waals surface area contributed by atoms with Gasteiger partial charge in [0, 0.05) is 13.1 Å². The van der Waals surface area contributed by atoms with Gasteiger partial charge in [0.15, 0.2) is 0 Å². The molecular formula is C8H11NO2S. The summed E-state index contributed by atoms with van der Waals surface area (Å²) in [6.45, 7) is 1.84. The van der Waals surface area contributed by atoms with Gasteiger partial charge in [-0.05, 0) is 13.0 Å². The number of amides is 1. The molecule has 0 bridgehead atoms. The Balaban J connectivity index is 2.77. The molecule has 1 rings (SSSR count). The number of aryl methyl sites for hydroxylation is 1. The molecule has 0 N–H and O–H groups in total. The first kappa shape index (κ1) is 9.19. The van der Waals surface area contributed by atoms with Gasteiger partial charge in [-0.25, -0.2) is 0 Å². The third kappa shape index (κ3) is 1.82. The smallest absolute Gasteiger partial charge is 0.238 e. The molecule has 66 valence electrons. The molecule has 0 aliphatic rings. The average Bonchev–Trinajstić information content (AvgIpc) is 2.49. The van der Waals surface area contributed by atoms with Crippen LogP contribution < -0.4 is 4.90 Å². The van der Waals surface area contributed by atoms with Crippen molar-refractivity contribution in [1.29, 1.82) is 0 Å². The van der Waals surface area contributed by atoms with E-state index in [9.17, 15) is 4.79 Å². The lowest BCUT2D eigenvalue weighted by molar-refractivity contribution is -0.116. The van der Waals surface area contributed by atoms with E-state index in [2.05, 4.69) is 12.6 Å². The molecule has 12 heavy (non-hydrogen) atoms. The second-order valence-electron chi connectivity index (χ2n) is 2.50. The highest BCUT2D eigenvalue weighted by atomic mass is 32.1. The van der Waals surface area contributed by atoms with Gasteiger partial charge in [-0.1, -0.05) is 0 Å². The Morgan fingerprint density at radius 3 is 2.75 bits per heavy atom. The predicted octanol–water partition coefficient (Wildman–Crippen LogP) is 1.48. The summed E-state index contributed by atoms with van der Waals surface area (Å²) < 4.78 is 5.24. The van der Waals surface area contributed by atoms with E-state index in [0.717, 1.165) is 5.76 Å². The molecule has 0 radical (unpaired) electrons. The molecule has 1 aromatic heterocycles. The largest absolute Gasteiger partial charge is 0.445 e. The summed E-state index contributed by atoms with van der Waals surface area (Å²) >= 11 is 3.88. The number of hydrogen-bond acceptors (Lipinski definition) is 3. The molecule has 3 nitrogen and oxygen atoms in total. The van der Waals surface area contributed by atoms with E-state index < -0.39 is 0 Å². The summed E-state index contributed by atoms with van der Waals surface area (Å²) in [7, 11) is 1.66. The summed E-state index contributed by atoms with van der Waals surface area (Å²) in [6, 6.07) is 3.58. The van der Waals surface area contributed by atoms with Crippen molar-refractivity contribution >= 4 is 24.4 Å². The van der Waals surface area contributed by atoms with Crippen LogP contribution >= 0.6 is 12.6 Å². The molecule has 0 atom stereocenters. The fourth-order valence-electron chi connectivity index (χ4n) is 0.831. The van der Waals surface area contributed by atoms with Crippen LogP contribution in [0.3, 0.4) is 0 Å². The molecule has 0 spiro atoms. The molecule has 0 saturated heterocycles. The van der Waals surface area contributed by atoms with Gasteiger partial charge in [0.05, 0.1) is 5.75 Å². The number of thiol groups is 1. The number of carbonyl (C=O) groups is 1. The minimum atomic E-state index is -0.0762. The zero-order valence-electron chi connectivity index (χ0n) is 7.07. The van der Waals surface area contributed by atoms with Crippen molar-refractivity contribution in [2.75, 3.05) is 17.7 Å². The Labute approximate surface area is 76.8 Å². The SMILES string of the molecule is Cc1ccc(N(C)C(=O)CS)o1. The van der Waals surface area contributed by atoms with Crippen LogP contribution in [-0.2, 0) is 4.79 Å². The Kier molecular flexibility index (Phi) is 2.81. The normalized spacial score (nSPS) is 9.92. The van der Waals surface area contributed by atoms with E-state index in [1.807, 2.05) is 13.0 Å². The summed E-state index contributed by atoms with van der Waals surface area (Å²) in [6.07, 6.45) is 0. The van der Waals surface area contributed by atoms with Crippen molar-refractivity contribution in [2.45, 2.75) is 6.92 Å². The number of furan rings is 1. The van der Waals surface area contributed by atoms with Crippen molar-refractivity contribution in [2.24, 2.45) is 0 Å². The summed E-state index contributed by atoms with van der Waals surface area (Å²) in [5.74, 6) is 1.47. The van der Waals surface area contributed by atoms with Gasteiger partial charge in [0.25, 0.3) is 0 Å². The van der Waals surface area contributed by atoms with Crippen LogP contribution in [0.1, 0.15) is 5.76 Å². The molecule has 1 heterocycles. The lowest BCUT2D eigenvalue weighted by Gasteiger charge is -2.11. The highest BCUT2D eigenvalue weighted by Crippen LogP contribution is 2.16. The van der Waals surface area contributed by atoms with Crippen molar-refractivity contribution in [3.63, 3.8) is 0 Å². The van der Waals surface area contributed by atoms with E-state index in [-0.39, 0.29) is 11.7 Å². The fourth-order valence-corrected chi connectivity index (χ4v) is 1.04. The zero-order valence-corrected chi connectivity index (χ0v) is 7.97. The van der Waals surface area contributed by atoms with Gasteiger partial charge in [-0.2, -0.15) is 12.6 Å². The van der Waals surface area contributed by atoms with Crippen molar-refractivity contribution in [1.82, 2.24) is 0 Å². The standard InChI is InChI=1S/C8H11NO2S/c1-6-3-4-8(11-6)9(2)7(10)5-12/h3-4,12H,5H2,1-2H3. The first-order valence-electron chi connectivity index (χ1n) is 3.59. The van der Waals surface area contributed by atoms with E-state index in [0.29, 0.717) is 5.88 Å². The fraction of sp³-hybridized carbons (Fsp3) is 0.375. The predicted molar refractivity (Wildman–Crippen MR) is 50.7 cm³/mol. The maximum Gasteiger partial charge on any atom is 0.238 e. The second-order valence-corrected chi connectivity index (χ2v) is 2.81. The van der Waals surface area contributed by atoms with Gasteiger partial charge in [0.1, 0.15) is 5.76 Å². The van der Waals surface area contributed by atoms with Crippen LogP contribution in [0.2, 0.25) is 0 Å². The molecule has 0 aliphatic heterocycles. The quantitative estimate of drug-likeness (QED) is 0.708. The molecule has 0 unspecified atom stereocenters. The Morgan fingerprint density at radius 2 is 2.33 bits per heavy atom. The first-order chi connectivity index (χ1) is 5.65. The van der Waals surface area contributed by atoms with E-state index >= 15 is 0 Å². The maximum absolute atomic E-state index is 11.1. The van der Waals surface area contributed by atoms with Crippen molar-refractivity contribution < 1.29 is 9.21 Å². The van der Waals surface area contributed by atoms with Gasteiger partial charge < -0.3 is 4.42 Å². The number of rotatable bonds is 2. The van der Waals surface area contributed by atoms with Gasteiger partial charge in [0.2, 0.25) is 11.8 Å². The van der Waals surface area contributed by atoms with Crippen LogP contribution in [-0.4, -0.2) is 18.7 Å². The Morgan fingerprint density at radius 1 is 1.67 bits per heavy atom. The topological polar surface area (TPSA) is 33.5 Å². The lowest BCUT2D eigenvalue weighted by atomic mass is 10.5. The molecule has 0 fully saturated rings. The first-order valence-corrected chi connectivity index (χ1v) is 4.22. The minimum absolute atomic E-state index is 0.0762. The molecule has 0 aromatic carbocycles. The molecule has 0 saturated carbocycles. The molecule has 0 aliphatic carbocycles. The van der Waals surface area contributed by atoms with Crippen LogP contribution in [0.5, 0.6) is 0 Å². The minimum Gasteiger partial charge on any atom is -0.445 e. The van der Waals surface area contributed by atoms with Crippen molar-refractivity contribution in [3.8, 4) is 0 Å². The van der Waals surface area contributed by atoms with Crippen LogP contribution in [0.4, 0.5) is 5.88 Å². The molecule has 1 amide bonds. The van der Waals surface area contributed by atoms with E-state index in [4.69, 9.17) is 4.42 Å². The van der Waals surface area contributed by atoms with Crippen molar-refractivity contribution in [3.05, 3.63) is 17.9 Å².